The molecule has 0 saturated carbocycles. The molecule has 0 aliphatic carbocycles. The number of aromatic nitrogens is 1. The fourth-order valence-corrected chi connectivity index (χ4v) is 2.97. The van der Waals surface area contributed by atoms with E-state index in [0.29, 0.717) is 12.1 Å². The number of benzene rings is 1. The van der Waals surface area contributed by atoms with E-state index in [1.54, 1.807) is 11.3 Å². The minimum absolute atomic E-state index is 0.380. The SMILES string of the molecule is Cc1nc(CCCNC(=O)[C@H](O)c2ccc(F)cc2)sc1C. The monoisotopic (exact) mass is 322 g/mol. The van der Waals surface area contributed by atoms with Crippen molar-refractivity contribution < 1.29 is 14.3 Å². The van der Waals surface area contributed by atoms with Crippen LogP contribution in [0.3, 0.4) is 0 Å². The van der Waals surface area contributed by atoms with Gasteiger partial charge in [0, 0.05) is 17.8 Å². The quantitative estimate of drug-likeness (QED) is 0.804. The average Bonchev–Trinajstić information content (AvgIpc) is 2.82. The number of rotatable bonds is 6. The Morgan fingerprint density at radius 1 is 1.36 bits per heavy atom. The van der Waals surface area contributed by atoms with Gasteiger partial charge in [0.15, 0.2) is 6.10 Å². The highest BCUT2D eigenvalue weighted by atomic mass is 32.1. The van der Waals surface area contributed by atoms with Gasteiger partial charge in [-0.2, -0.15) is 0 Å². The number of halogens is 1. The highest BCUT2D eigenvalue weighted by Gasteiger charge is 2.16. The Bertz CT molecular complexity index is 621. The highest BCUT2D eigenvalue weighted by molar-refractivity contribution is 7.11. The molecule has 1 amide bonds. The number of hydrogen-bond acceptors (Lipinski definition) is 4. The van der Waals surface area contributed by atoms with Crippen LogP contribution in [0.15, 0.2) is 24.3 Å². The van der Waals surface area contributed by atoms with E-state index >= 15 is 0 Å². The molecule has 2 rings (SSSR count). The van der Waals surface area contributed by atoms with Gasteiger partial charge < -0.3 is 10.4 Å². The summed E-state index contributed by atoms with van der Waals surface area (Å²) in [4.78, 5) is 17.5. The normalized spacial score (nSPS) is 12.2. The van der Waals surface area contributed by atoms with Gasteiger partial charge in [0.25, 0.3) is 5.91 Å². The van der Waals surface area contributed by atoms with Crippen molar-refractivity contribution in [3.05, 3.63) is 51.2 Å². The van der Waals surface area contributed by atoms with Crippen LogP contribution in [-0.4, -0.2) is 22.5 Å². The van der Waals surface area contributed by atoms with Gasteiger partial charge >= 0.3 is 0 Å². The molecule has 1 aromatic carbocycles. The lowest BCUT2D eigenvalue weighted by Crippen LogP contribution is -2.30. The Kier molecular flexibility index (Phi) is 5.63. The fraction of sp³-hybridized carbons (Fsp3) is 0.375. The van der Waals surface area contributed by atoms with E-state index in [0.717, 1.165) is 23.5 Å². The second-order valence-corrected chi connectivity index (χ2v) is 6.39. The maximum atomic E-state index is 12.8. The maximum absolute atomic E-state index is 12.8. The van der Waals surface area contributed by atoms with Gasteiger partial charge in [-0.3, -0.25) is 4.79 Å². The summed E-state index contributed by atoms with van der Waals surface area (Å²) in [6.45, 7) is 4.49. The molecule has 1 atom stereocenters. The third kappa shape index (κ3) is 4.35. The standard InChI is InChI=1S/C16H19FN2O2S/c1-10-11(2)22-14(19-10)4-3-9-18-16(21)15(20)12-5-7-13(17)8-6-12/h5-8,15,20H,3-4,9H2,1-2H3,(H,18,21)/t15-/m1/s1. The van der Waals surface area contributed by atoms with Crippen molar-refractivity contribution in [3.63, 3.8) is 0 Å². The number of amides is 1. The number of aliphatic hydroxyl groups is 1. The van der Waals surface area contributed by atoms with Gasteiger partial charge in [-0.1, -0.05) is 12.1 Å². The van der Waals surface area contributed by atoms with Gasteiger partial charge in [-0.05, 0) is 38.0 Å². The summed E-state index contributed by atoms with van der Waals surface area (Å²) in [6, 6.07) is 5.25. The lowest BCUT2D eigenvalue weighted by molar-refractivity contribution is -0.129. The van der Waals surface area contributed by atoms with Crippen LogP contribution >= 0.6 is 11.3 Å². The van der Waals surface area contributed by atoms with Crippen molar-refractivity contribution in [2.75, 3.05) is 6.54 Å². The zero-order valence-electron chi connectivity index (χ0n) is 12.6. The largest absolute Gasteiger partial charge is 0.378 e. The fourth-order valence-electron chi connectivity index (χ4n) is 1.99. The summed E-state index contributed by atoms with van der Waals surface area (Å²) in [7, 11) is 0. The Labute approximate surface area is 133 Å². The molecule has 0 aliphatic rings. The molecule has 0 fully saturated rings. The zero-order valence-corrected chi connectivity index (χ0v) is 13.4. The maximum Gasteiger partial charge on any atom is 0.253 e. The van der Waals surface area contributed by atoms with Crippen LogP contribution in [-0.2, 0) is 11.2 Å². The summed E-state index contributed by atoms with van der Waals surface area (Å²) >= 11 is 1.67. The summed E-state index contributed by atoms with van der Waals surface area (Å²) in [5.74, 6) is -0.872. The van der Waals surface area contributed by atoms with Crippen molar-refractivity contribution in [1.29, 1.82) is 0 Å². The van der Waals surface area contributed by atoms with Crippen LogP contribution in [0.5, 0.6) is 0 Å². The third-order valence-electron chi connectivity index (χ3n) is 3.37. The number of carbonyl (C=O) groups is 1. The van der Waals surface area contributed by atoms with E-state index in [9.17, 15) is 14.3 Å². The van der Waals surface area contributed by atoms with Crippen molar-refractivity contribution in [2.24, 2.45) is 0 Å². The predicted molar refractivity (Wildman–Crippen MR) is 84.3 cm³/mol. The topological polar surface area (TPSA) is 62.2 Å². The van der Waals surface area contributed by atoms with Gasteiger partial charge in [0.05, 0.1) is 10.7 Å². The van der Waals surface area contributed by atoms with Gasteiger partial charge in [-0.25, -0.2) is 9.37 Å². The molecule has 0 spiro atoms. The minimum atomic E-state index is -1.27. The van der Waals surface area contributed by atoms with Crippen LogP contribution < -0.4 is 5.32 Å². The molecule has 1 heterocycles. The second-order valence-electron chi connectivity index (χ2n) is 5.10. The first-order valence-electron chi connectivity index (χ1n) is 7.11. The van der Waals surface area contributed by atoms with Gasteiger partial charge in [0.1, 0.15) is 5.82 Å². The van der Waals surface area contributed by atoms with E-state index in [1.165, 1.54) is 29.1 Å². The van der Waals surface area contributed by atoms with Crippen LogP contribution in [0.25, 0.3) is 0 Å². The summed E-state index contributed by atoms with van der Waals surface area (Å²) in [5, 5.41) is 13.6. The molecule has 0 unspecified atom stereocenters. The van der Waals surface area contributed by atoms with Crippen molar-refractivity contribution >= 4 is 17.2 Å². The van der Waals surface area contributed by atoms with Crippen LogP contribution in [0, 0.1) is 19.7 Å². The lowest BCUT2D eigenvalue weighted by Gasteiger charge is -2.11. The summed E-state index contributed by atoms with van der Waals surface area (Å²) in [6.07, 6.45) is 0.283. The van der Waals surface area contributed by atoms with Gasteiger partial charge in [0.2, 0.25) is 0 Å². The number of aliphatic hydroxyl groups excluding tert-OH is 1. The minimum Gasteiger partial charge on any atom is -0.378 e. The van der Waals surface area contributed by atoms with Crippen LogP contribution in [0.2, 0.25) is 0 Å². The molecule has 22 heavy (non-hydrogen) atoms. The first-order valence-corrected chi connectivity index (χ1v) is 7.93. The lowest BCUT2D eigenvalue weighted by atomic mass is 10.1. The first kappa shape index (κ1) is 16.6. The molecule has 118 valence electrons. The average molecular weight is 322 g/mol. The first-order chi connectivity index (χ1) is 10.5. The van der Waals surface area contributed by atoms with E-state index in [2.05, 4.69) is 10.3 Å². The Morgan fingerprint density at radius 2 is 2.05 bits per heavy atom. The van der Waals surface area contributed by atoms with Crippen molar-refractivity contribution in [3.8, 4) is 0 Å². The molecule has 0 saturated heterocycles. The number of nitrogens with one attached hydrogen (secondary N) is 1. The van der Waals surface area contributed by atoms with E-state index in [1.807, 2.05) is 13.8 Å². The Hall–Kier alpha value is -1.79. The predicted octanol–water partition coefficient (Wildman–Crippen LogP) is 2.68. The smallest absolute Gasteiger partial charge is 0.253 e. The Morgan fingerprint density at radius 3 is 2.64 bits per heavy atom. The summed E-state index contributed by atoms with van der Waals surface area (Å²) < 4.78 is 12.8. The van der Waals surface area contributed by atoms with Crippen LogP contribution in [0.1, 0.15) is 33.7 Å². The van der Waals surface area contributed by atoms with Crippen molar-refractivity contribution in [1.82, 2.24) is 10.3 Å². The molecular weight excluding hydrogens is 303 g/mol. The van der Waals surface area contributed by atoms with Crippen molar-refractivity contribution in [2.45, 2.75) is 32.8 Å². The highest BCUT2D eigenvalue weighted by Crippen LogP contribution is 2.17. The number of nitrogens with zero attached hydrogens (tertiary/aromatic N) is 1. The zero-order chi connectivity index (χ0) is 16.1. The van der Waals surface area contributed by atoms with Crippen LogP contribution in [0.4, 0.5) is 4.39 Å². The summed E-state index contributed by atoms with van der Waals surface area (Å²) in [5.41, 5.74) is 1.43. The third-order valence-corrected chi connectivity index (χ3v) is 4.51. The molecule has 1 aromatic heterocycles. The molecule has 0 radical (unpaired) electrons. The molecule has 0 aliphatic heterocycles. The molecule has 0 bridgehead atoms. The molecule has 4 nitrogen and oxygen atoms in total. The number of carbonyl (C=O) groups excluding carboxylic acids is 1. The number of hydrogen-bond donors (Lipinski definition) is 2. The van der Waals surface area contributed by atoms with E-state index < -0.39 is 17.8 Å². The van der Waals surface area contributed by atoms with Gasteiger partial charge in [-0.15, -0.1) is 11.3 Å². The molecular formula is C16H19FN2O2S. The number of thiazole rings is 1. The van der Waals surface area contributed by atoms with E-state index in [4.69, 9.17) is 0 Å². The second kappa shape index (κ2) is 7.47. The Balaban J connectivity index is 1.76. The number of aryl methyl sites for hydroxylation is 3. The van der Waals surface area contributed by atoms with E-state index in [-0.39, 0.29) is 0 Å². The molecule has 2 N–H and O–H groups in total. The molecule has 2 aromatic rings. The molecule has 6 heteroatoms.